The number of rotatable bonds is 7. The average Bonchev–Trinajstić information content (AvgIpc) is 3.20. The molecule has 1 heterocycles. The summed E-state index contributed by atoms with van der Waals surface area (Å²) >= 11 is 0. The summed E-state index contributed by atoms with van der Waals surface area (Å²) in [5.41, 5.74) is 1.88. The molecule has 1 atom stereocenters. The Morgan fingerprint density at radius 3 is 2.66 bits per heavy atom. The molecule has 0 spiro atoms. The van der Waals surface area contributed by atoms with Crippen LogP contribution in [-0.2, 0) is 4.74 Å². The number of esters is 1. The second kappa shape index (κ2) is 11.2. The van der Waals surface area contributed by atoms with E-state index in [2.05, 4.69) is 30.3 Å². The Hall–Kier alpha value is -3.77. The topological polar surface area (TPSA) is 82.6 Å². The van der Waals surface area contributed by atoms with Gasteiger partial charge in [-0.1, -0.05) is 35.8 Å². The zero-order valence-electron chi connectivity index (χ0n) is 16.1. The standard InChI is InChI=1S/C23H21NO5/c1-18(2)7-6-10-22(9-5-3-4-8-19-15-16-28-17-19)29-23(25)20-11-13-21(14-12-20)24(26)27/h11-17,22H,1,3,5,7,9H2,2H3. The Labute approximate surface area is 169 Å². The van der Waals surface area contributed by atoms with Gasteiger partial charge in [-0.15, -0.1) is 0 Å². The first-order chi connectivity index (χ1) is 14.0. The third-order valence-electron chi connectivity index (χ3n) is 3.74. The Morgan fingerprint density at radius 2 is 2.03 bits per heavy atom. The van der Waals surface area contributed by atoms with Crippen molar-refractivity contribution in [3.63, 3.8) is 0 Å². The molecule has 2 rings (SSSR count). The number of hydrogen-bond donors (Lipinski definition) is 0. The van der Waals surface area contributed by atoms with Crippen LogP contribution in [0, 0.1) is 33.8 Å². The lowest BCUT2D eigenvalue weighted by Crippen LogP contribution is -2.17. The molecule has 0 aliphatic carbocycles. The Morgan fingerprint density at radius 1 is 1.28 bits per heavy atom. The molecular formula is C23H21NO5. The third kappa shape index (κ3) is 7.78. The average molecular weight is 391 g/mol. The smallest absolute Gasteiger partial charge is 0.339 e. The van der Waals surface area contributed by atoms with Gasteiger partial charge in [-0.05, 0) is 38.0 Å². The summed E-state index contributed by atoms with van der Waals surface area (Å²) < 4.78 is 10.5. The minimum atomic E-state index is -0.590. The van der Waals surface area contributed by atoms with Crippen molar-refractivity contribution in [2.24, 2.45) is 0 Å². The van der Waals surface area contributed by atoms with E-state index in [1.54, 1.807) is 18.6 Å². The number of carbonyl (C=O) groups is 1. The second-order valence-electron chi connectivity index (χ2n) is 6.36. The van der Waals surface area contributed by atoms with Gasteiger partial charge in [-0.2, -0.15) is 0 Å². The first kappa shape index (κ1) is 21.5. The maximum Gasteiger partial charge on any atom is 0.339 e. The van der Waals surface area contributed by atoms with Crippen molar-refractivity contribution >= 4 is 11.7 Å². The number of nitro benzene ring substituents is 1. The summed E-state index contributed by atoms with van der Waals surface area (Å²) in [6, 6.07) is 7.06. The van der Waals surface area contributed by atoms with Crippen molar-refractivity contribution in [2.45, 2.75) is 38.7 Å². The molecule has 1 unspecified atom stereocenters. The van der Waals surface area contributed by atoms with Gasteiger partial charge in [0.05, 0.1) is 22.3 Å². The minimum Gasteiger partial charge on any atom is -0.471 e. The van der Waals surface area contributed by atoms with Gasteiger partial charge in [-0.3, -0.25) is 10.1 Å². The molecule has 0 saturated carbocycles. The summed E-state index contributed by atoms with van der Waals surface area (Å²) in [7, 11) is 0. The highest BCUT2D eigenvalue weighted by molar-refractivity contribution is 5.89. The van der Waals surface area contributed by atoms with Crippen LogP contribution in [0.25, 0.3) is 0 Å². The Kier molecular flexibility index (Phi) is 8.28. The second-order valence-corrected chi connectivity index (χ2v) is 6.36. The van der Waals surface area contributed by atoms with Gasteiger partial charge in [0.25, 0.3) is 5.69 Å². The lowest BCUT2D eigenvalue weighted by atomic mass is 10.1. The SMILES string of the molecule is C=C(C)CC#CC(CCCC#Cc1ccoc1)OC(=O)c1ccc([N+](=O)[O-])cc1. The molecule has 0 fully saturated rings. The van der Waals surface area contributed by atoms with Crippen molar-refractivity contribution in [1.82, 2.24) is 0 Å². The number of hydrogen-bond acceptors (Lipinski definition) is 5. The molecule has 0 radical (unpaired) electrons. The first-order valence-electron chi connectivity index (χ1n) is 9.05. The quantitative estimate of drug-likeness (QED) is 0.167. The lowest BCUT2D eigenvalue weighted by molar-refractivity contribution is -0.384. The van der Waals surface area contributed by atoms with Crippen molar-refractivity contribution in [2.75, 3.05) is 0 Å². The van der Waals surface area contributed by atoms with Crippen LogP contribution in [0.15, 0.2) is 59.4 Å². The van der Waals surface area contributed by atoms with Crippen molar-refractivity contribution < 1.29 is 18.9 Å². The minimum absolute atomic E-state index is 0.0875. The zero-order valence-corrected chi connectivity index (χ0v) is 16.1. The van der Waals surface area contributed by atoms with Gasteiger partial charge in [0, 0.05) is 25.0 Å². The molecule has 6 nitrogen and oxygen atoms in total. The van der Waals surface area contributed by atoms with E-state index in [-0.39, 0.29) is 11.3 Å². The van der Waals surface area contributed by atoms with Gasteiger partial charge in [0.1, 0.15) is 6.26 Å². The summed E-state index contributed by atoms with van der Waals surface area (Å²) in [5, 5.41) is 10.7. The monoisotopic (exact) mass is 391 g/mol. The number of non-ortho nitro benzene ring substituents is 1. The number of carbonyl (C=O) groups excluding carboxylic acids is 1. The molecule has 0 saturated heterocycles. The molecule has 6 heteroatoms. The highest BCUT2D eigenvalue weighted by Gasteiger charge is 2.15. The van der Waals surface area contributed by atoms with Crippen LogP contribution in [0.5, 0.6) is 0 Å². The number of unbranched alkanes of at least 4 members (excludes halogenated alkanes) is 1. The van der Waals surface area contributed by atoms with E-state index < -0.39 is 17.0 Å². The van der Waals surface area contributed by atoms with Gasteiger partial charge in [-0.25, -0.2) is 4.79 Å². The van der Waals surface area contributed by atoms with Crippen LogP contribution in [0.4, 0.5) is 5.69 Å². The van der Waals surface area contributed by atoms with Gasteiger partial charge < -0.3 is 9.15 Å². The maximum atomic E-state index is 12.4. The summed E-state index contributed by atoms with van der Waals surface area (Å²) in [5.74, 6) is 11.4. The molecule has 0 bridgehead atoms. The highest BCUT2D eigenvalue weighted by Crippen LogP contribution is 2.14. The Bertz CT molecular complexity index is 966. The van der Waals surface area contributed by atoms with E-state index in [0.717, 1.165) is 11.1 Å². The lowest BCUT2D eigenvalue weighted by Gasteiger charge is -2.12. The van der Waals surface area contributed by atoms with E-state index in [1.807, 2.05) is 6.92 Å². The van der Waals surface area contributed by atoms with Crippen LogP contribution >= 0.6 is 0 Å². The summed E-state index contributed by atoms with van der Waals surface area (Å²) in [4.78, 5) is 22.6. The predicted molar refractivity (Wildman–Crippen MR) is 109 cm³/mol. The first-order valence-corrected chi connectivity index (χ1v) is 9.05. The molecule has 1 aromatic carbocycles. The van der Waals surface area contributed by atoms with Gasteiger partial charge in [0.15, 0.2) is 6.10 Å². The van der Waals surface area contributed by atoms with Crippen molar-refractivity contribution in [3.8, 4) is 23.7 Å². The molecule has 148 valence electrons. The van der Waals surface area contributed by atoms with Gasteiger partial charge >= 0.3 is 5.97 Å². The number of nitro groups is 1. The molecule has 0 aliphatic rings. The number of nitrogens with zero attached hydrogens (tertiary/aromatic N) is 1. The number of allylic oxidation sites excluding steroid dienone is 1. The van der Waals surface area contributed by atoms with Crippen molar-refractivity contribution in [3.05, 3.63) is 76.3 Å². The molecule has 0 amide bonds. The third-order valence-corrected chi connectivity index (χ3v) is 3.74. The Balaban J connectivity index is 1.96. The summed E-state index contributed by atoms with van der Waals surface area (Å²) in [6.07, 6.45) is 4.92. The molecule has 2 aromatic rings. The number of ether oxygens (including phenoxy) is 1. The normalized spacial score (nSPS) is 10.7. The van der Waals surface area contributed by atoms with Crippen LogP contribution < -0.4 is 0 Å². The van der Waals surface area contributed by atoms with Crippen LogP contribution in [0.2, 0.25) is 0 Å². The van der Waals surface area contributed by atoms with Crippen LogP contribution in [0.3, 0.4) is 0 Å². The molecule has 0 aliphatic heterocycles. The largest absolute Gasteiger partial charge is 0.471 e. The number of furan rings is 1. The van der Waals surface area contributed by atoms with Crippen molar-refractivity contribution in [1.29, 1.82) is 0 Å². The maximum absolute atomic E-state index is 12.4. The van der Waals surface area contributed by atoms with Crippen LogP contribution in [-0.4, -0.2) is 17.0 Å². The predicted octanol–water partition coefficient (Wildman–Crippen LogP) is 4.90. The molecular weight excluding hydrogens is 370 g/mol. The van der Waals surface area contributed by atoms with E-state index in [0.29, 0.717) is 25.7 Å². The van der Waals surface area contributed by atoms with E-state index in [9.17, 15) is 14.9 Å². The van der Waals surface area contributed by atoms with E-state index >= 15 is 0 Å². The fraction of sp³-hybridized carbons (Fsp3) is 0.261. The summed E-state index contributed by atoms with van der Waals surface area (Å²) in [6.45, 7) is 5.68. The molecule has 1 aromatic heterocycles. The number of benzene rings is 1. The molecule has 0 N–H and O–H groups in total. The van der Waals surface area contributed by atoms with E-state index in [1.165, 1.54) is 24.3 Å². The van der Waals surface area contributed by atoms with Gasteiger partial charge in [0.2, 0.25) is 0 Å². The fourth-order valence-electron chi connectivity index (χ4n) is 2.27. The fourth-order valence-corrected chi connectivity index (χ4v) is 2.27. The highest BCUT2D eigenvalue weighted by atomic mass is 16.6. The van der Waals surface area contributed by atoms with E-state index in [4.69, 9.17) is 9.15 Å². The van der Waals surface area contributed by atoms with Crippen LogP contribution in [0.1, 0.15) is 48.5 Å². The zero-order chi connectivity index (χ0) is 21.1. The molecule has 29 heavy (non-hydrogen) atoms.